The minimum Gasteiger partial charge on any atom is -0.460 e. The van der Waals surface area contributed by atoms with Crippen molar-refractivity contribution in [2.24, 2.45) is 0 Å². The molecule has 0 bridgehead atoms. The Morgan fingerprint density at radius 2 is 2.29 bits per heavy atom. The van der Waals surface area contributed by atoms with Crippen LogP contribution >= 0.6 is 20.2 Å². The molecule has 4 nitrogen and oxygen atoms in total. The maximum absolute atomic E-state index is 11.8. The Hall–Kier alpha value is -1.51. The molecule has 0 amide bonds. The minimum atomic E-state index is -0.628. The molecule has 0 N–H and O–H groups in total. The zero-order valence-electron chi connectivity index (χ0n) is 8.57. The van der Waals surface area contributed by atoms with Crippen molar-refractivity contribution in [3.05, 3.63) is 41.5 Å². The number of ketones is 1. The largest absolute Gasteiger partial charge is 0.460 e. The second-order valence-corrected chi connectivity index (χ2v) is 4.68. The number of pyridine rings is 1. The third-order valence-electron chi connectivity index (χ3n) is 2.09. The lowest BCUT2D eigenvalue weighted by atomic mass is 10.2. The summed E-state index contributed by atoms with van der Waals surface area (Å²) in [5.41, 5.74) is 0.239. The van der Waals surface area contributed by atoms with Crippen molar-refractivity contribution < 1.29 is 14.0 Å². The maximum Gasteiger partial charge on any atom is 0.238 e. The lowest BCUT2D eigenvalue weighted by molar-refractivity contribution is -0.107. The van der Waals surface area contributed by atoms with Gasteiger partial charge in [-0.25, -0.2) is 0 Å². The normalized spacial score (nSPS) is 11.1. The molecule has 17 heavy (non-hydrogen) atoms. The highest BCUT2D eigenvalue weighted by molar-refractivity contribution is 7.64. The van der Waals surface area contributed by atoms with Crippen LogP contribution in [0.5, 0.6) is 0 Å². The van der Waals surface area contributed by atoms with E-state index < -0.39 is 11.3 Å². The quantitative estimate of drug-likeness (QED) is 0.485. The number of Topliss-reactive ketones (excluding diaryl/α,β-unsaturated/α-hetero) is 1. The first-order valence-corrected chi connectivity index (χ1v) is 6.08. The van der Waals surface area contributed by atoms with Gasteiger partial charge in [-0.3, -0.25) is 14.6 Å². The van der Waals surface area contributed by atoms with E-state index in [2.05, 4.69) is 11.6 Å². The molecule has 2 aromatic rings. The van der Waals surface area contributed by atoms with Gasteiger partial charge in [-0.1, -0.05) is 24.0 Å². The third-order valence-corrected chi connectivity index (χ3v) is 3.08. The molecule has 0 radical (unpaired) electrons. The summed E-state index contributed by atoms with van der Waals surface area (Å²) in [5, 5.41) is 0.354. The van der Waals surface area contributed by atoms with E-state index in [1.54, 1.807) is 6.07 Å². The molecule has 6 heteroatoms. The van der Waals surface area contributed by atoms with Crippen molar-refractivity contribution in [1.29, 1.82) is 0 Å². The van der Waals surface area contributed by atoms with Gasteiger partial charge in [0.1, 0.15) is 11.8 Å². The second kappa shape index (κ2) is 4.78. The zero-order chi connectivity index (χ0) is 12.4. The lowest BCUT2D eigenvalue weighted by Crippen LogP contribution is -2.07. The highest BCUT2D eigenvalue weighted by Gasteiger charge is 2.21. The molecule has 0 aliphatic rings. The zero-order valence-corrected chi connectivity index (χ0v) is 10.3. The fraction of sp³-hybridized carbons (Fsp3) is 0. The van der Waals surface area contributed by atoms with E-state index in [1.165, 1.54) is 18.3 Å². The number of carbonyl (C=O) groups excluding carboxylic acids is 2. The SMILES string of the molecule is C=CPC(=O)C(=O)c1coc2c(Cl)ccnc12. The summed E-state index contributed by atoms with van der Waals surface area (Å²) in [6, 6.07) is 1.55. The molecular weight excluding hydrogens is 261 g/mol. The number of carbonyl (C=O) groups is 2. The van der Waals surface area contributed by atoms with Crippen LogP contribution in [0.4, 0.5) is 0 Å². The van der Waals surface area contributed by atoms with Crippen LogP contribution in [-0.2, 0) is 4.79 Å². The Labute approximate surface area is 103 Å². The molecule has 0 aliphatic heterocycles. The van der Waals surface area contributed by atoms with E-state index in [9.17, 15) is 9.59 Å². The third kappa shape index (κ3) is 2.14. The summed E-state index contributed by atoms with van der Waals surface area (Å²) in [7, 11) is -0.252. The van der Waals surface area contributed by atoms with Gasteiger partial charge in [0.15, 0.2) is 5.58 Å². The van der Waals surface area contributed by atoms with E-state index >= 15 is 0 Å². The van der Waals surface area contributed by atoms with E-state index in [1.807, 2.05) is 0 Å². The number of hydrogen-bond acceptors (Lipinski definition) is 4. The molecule has 1 unspecified atom stereocenters. The van der Waals surface area contributed by atoms with Gasteiger partial charge in [0, 0.05) is 6.20 Å². The van der Waals surface area contributed by atoms with Gasteiger partial charge < -0.3 is 4.42 Å². The summed E-state index contributed by atoms with van der Waals surface area (Å²) in [5.74, 6) is 0.778. The molecule has 1 atom stereocenters. The summed E-state index contributed by atoms with van der Waals surface area (Å²) >= 11 is 5.87. The van der Waals surface area contributed by atoms with Crippen molar-refractivity contribution in [2.45, 2.75) is 0 Å². The van der Waals surface area contributed by atoms with Crippen molar-refractivity contribution in [3.8, 4) is 0 Å². The smallest absolute Gasteiger partial charge is 0.238 e. The van der Waals surface area contributed by atoms with Crippen LogP contribution in [0.2, 0.25) is 5.02 Å². The number of rotatable bonds is 4. The van der Waals surface area contributed by atoms with E-state index in [4.69, 9.17) is 16.0 Å². The average Bonchev–Trinajstić information content (AvgIpc) is 2.73. The molecule has 0 spiro atoms. The van der Waals surface area contributed by atoms with Gasteiger partial charge in [-0.2, -0.15) is 0 Å². The fourth-order valence-electron chi connectivity index (χ4n) is 1.34. The second-order valence-electron chi connectivity index (χ2n) is 3.13. The first-order chi connectivity index (χ1) is 8.15. The summed E-state index contributed by atoms with van der Waals surface area (Å²) in [4.78, 5) is 27.2. The molecule has 2 rings (SSSR count). The van der Waals surface area contributed by atoms with Crippen molar-refractivity contribution in [2.75, 3.05) is 0 Å². The van der Waals surface area contributed by atoms with Crippen molar-refractivity contribution in [1.82, 2.24) is 4.98 Å². The van der Waals surface area contributed by atoms with E-state index in [0.29, 0.717) is 16.1 Å². The van der Waals surface area contributed by atoms with Crippen molar-refractivity contribution >= 4 is 42.6 Å². The number of nitrogens with zero attached hydrogens (tertiary/aromatic N) is 1. The Kier molecular flexibility index (Phi) is 3.36. The molecule has 2 aromatic heterocycles. The molecule has 0 aliphatic carbocycles. The van der Waals surface area contributed by atoms with Gasteiger partial charge in [0.2, 0.25) is 11.3 Å². The first-order valence-electron chi connectivity index (χ1n) is 4.63. The molecule has 0 aromatic carbocycles. The highest BCUT2D eigenvalue weighted by Crippen LogP contribution is 2.27. The van der Waals surface area contributed by atoms with Gasteiger partial charge in [-0.15, -0.1) is 0 Å². The summed E-state index contributed by atoms with van der Waals surface area (Å²) in [6.45, 7) is 3.42. The average molecular weight is 268 g/mol. The highest BCUT2D eigenvalue weighted by atomic mass is 35.5. The van der Waals surface area contributed by atoms with Gasteiger partial charge >= 0.3 is 0 Å². The minimum absolute atomic E-state index is 0.141. The molecule has 86 valence electrons. The van der Waals surface area contributed by atoms with Crippen LogP contribution in [0, 0.1) is 0 Å². The van der Waals surface area contributed by atoms with Gasteiger partial charge in [0.25, 0.3) is 0 Å². The van der Waals surface area contributed by atoms with Crippen LogP contribution in [0.1, 0.15) is 10.4 Å². The van der Waals surface area contributed by atoms with E-state index in [-0.39, 0.29) is 14.1 Å². The Balaban J connectivity index is 2.50. The Morgan fingerprint density at radius 3 is 3.00 bits per heavy atom. The van der Waals surface area contributed by atoms with Crippen molar-refractivity contribution in [3.63, 3.8) is 0 Å². The molecular formula is C11H7ClNO3P. The van der Waals surface area contributed by atoms with E-state index in [0.717, 1.165) is 0 Å². The molecule has 2 heterocycles. The Bertz CT molecular complexity index is 620. The molecule has 0 saturated carbocycles. The fourth-order valence-corrected chi connectivity index (χ4v) is 1.99. The summed E-state index contributed by atoms with van der Waals surface area (Å²) < 4.78 is 5.14. The number of aromatic nitrogens is 1. The Morgan fingerprint density at radius 1 is 1.53 bits per heavy atom. The summed E-state index contributed by atoms with van der Waals surface area (Å²) in [6.07, 6.45) is 2.66. The standard InChI is InChI=1S/C11H7ClNO3P/c1-2-17-11(15)9(14)6-5-16-10-7(12)3-4-13-8(6)10/h2-5,17H,1H2. The molecule has 0 saturated heterocycles. The van der Waals surface area contributed by atoms with Crippen LogP contribution in [0.15, 0.2) is 35.3 Å². The lowest BCUT2D eigenvalue weighted by Gasteiger charge is -1.94. The number of halogens is 1. The van der Waals surface area contributed by atoms with Gasteiger partial charge in [0.05, 0.1) is 10.6 Å². The predicted octanol–water partition coefficient (Wildman–Crippen LogP) is 3.01. The number of fused-ring (bicyclic) bond motifs is 1. The number of hydrogen-bond donors (Lipinski definition) is 0. The maximum atomic E-state index is 11.8. The topological polar surface area (TPSA) is 60.2 Å². The molecule has 0 fully saturated rings. The van der Waals surface area contributed by atoms with Gasteiger partial charge in [-0.05, 0) is 14.6 Å². The predicted molar refractivity (Wildman–Crippen MR) is 66.9 cm³/mol. The van der Waals surface area contributed by atoms with Crippen LogP contribution < -0.4 is 0 Å². The first kappa shape index (κ1) is 12.0. The van der Waals surface area contributed by atoms with Crippen LogP contribution in [-0.4, -0.2) is 16.3 Å². The number of furan rings is 1. The van der Waals surface area contributed by atoms with Crippen LogP contribution in [0.25, 0.3) is 11.1 Å². The monoisotopic (exact) mass is 267 g/mol. The van der Waals surface area contributed by atoms with Crippen LogP contribution in [0.3, 0.4) is 0 Å².